The van der Waals surface area contributed by atoms with Crippen molar-refractivity contribution in [3.8, 4) is 0 Å². The molecular weight excluding hydrogens is 146 g/mol. The summed E-state index contributed by atoms with van der Waals surface area (Å²) in [5, 5.41) is 8.85. The van der Waals surface area contributed by atoms with E-state index in [2.05, 4.69) is 11.8 Å². The second-order valence-corrected chi connectivity index (χ2v) is 2.13. The van der Waals surface area contributed by atoms with Gasteiger partial charge >= 0.3 is 0 Å². The van der Waals surface area contributed by atoms with E-state index in [9.17, 15) is 10.1 Å². The van der Waals surface area contributed by atoms with Crippen molar-refractivity contribution < 1.29 is 9.92 Å². The van der Waals surface area contributed by atoms with Crippen molar-refractivity contribution in [1.29, 1.82) is 0 Å². The van der Waals surface area contributed by atoms with E-state index in [4.69, 9.17) is 0 Å². The Morgan fingerprint density at radius 2 is 2.27 bits per heavy atom. The second-order valence-electron chi connectivity index (χ2n) is 2.13. The van der Waals surface area contributed by atoms with Gasteiger partial charge in [0.2, 0.25) is 0 Å². The molecule has 0 atom stereocenters. The van der Waals surface area contributed by atoms with Gasteiger partial charge in [0, 0.05) is 0 Å². The van der Waals surface area contributed by atoms with Crippen molar-refractivity contribution in [1.82, 2.24) is 0 Å². The summed E-state index contributed by atoms with van der Waals surface area (Å²) >= 11 is 0. The van der Waals surface area contributed by atoms with Gasteiger partial charge in [-0.2, -0.15) is 0 Å². The van der Waals surface area contributed by atoms with Crippen molar-refractivity contribution in [2.24, 2.45) is 0 Å². The van der Waals surface area contributed by atoms with Gasteiger partial charge in [-0.3, -0.25) is 0 Å². The number of hydrogen-bond acceptors (Lipinski definition) is 3. The van der Waals surface area contributed by atoms with Crippen LogP contribution in [0.4, 0.5) is 0 Å². The SMILES string of the molecule is CCCCC=CCO[N+](=O)[O-]. The zero-order chi connectivity index (χ0) is 8.53. The Hall–Kier alpha value is -1.06. The molecule has 11 heavy (non-hydrogen) atoms. The van der Waals surface area contributed by atoms with Gasteiger partial charge in [0.1, 0.15) is 6.61 Å². The average molecular weight is 159 g/mol. The summed E-state index contributed by atoms with van der Waals surface area (Å²) in [7, 11) is 0. The highest BCUT2D eigenvalue weighted by Gasteiger charge is 1.87. The van der Waals surface area contributed by atoms with Crippen molar-refractivity contribution in [2.45, 2.75) is 26.2 Å². The number of unbranched alkanes of at least 4 members (excludes halogenated alkanes) is 2. The van der Waals surface area contributed by atoms with Crippen LogP contribution in [-0.4, -0.2) is 11.7 Å². The molecule has 0 aromatic carbocycles. The van der Waals surface area contributed by atoms with Gasteiger partial charge in [-0.25, -0.2) is 0 Å². The van der Waals surface area contributed by atoms with E-state index in [-0.39, 0.29) is 6.61 Å². The van der Waals surface area contributed by atoms with Crippen LogP contribution >= 0.6 is 0 Å². The molecule has 0 aliphatic carbocycles. The summed E-state index contributed by atoms with van der Waals surface area (Å²) in [6.45, 7) is 2.16. The van der Waals surface area contributed by atoms with E-state index in [0.717, 1.165) is 19.3 Å². The van der Waals surface area contributed by atoms with E-state index < -0.39 is 5.09 Å². The third-order valence-electron chi connectivity index (χ3n) is 1.17. The summed E-state index contributed by atoms with van der Waals surface area (Å²) in [4.78, 5) is 13.7. The molecule has 0 bridgehead atoms. The third kappa shape index (κ3) is 8.94. The molecule has 0 saturated carbocycles. The average Bonchev–Trinajstić information content (AvgIpc) is 1.96. The Labute approximate surface area is 66.0 Å². The fraction of sp³-hybridized carbons (Fsp3) is 0.714. The maximum Gasteiger partial charge on any atom is 0.294 e. The molecule has 0 unspecified atom stereocenters. The van der Waals surface area contributed by atoms with Crippen molar-refractivity contribution in [2.75, 3.05) is 6.61 Å². The molecule has 0 aromatic rings. The van der Waals surface area contributed by atoms with E-state index in [1.54, 1.807) is 6.08 Å². The van der Waals surface area contributed by atoms with E-state index >= 15 is 0 Å². The minimum absolute atomic E-state index is 0.0662. The lowest BCUT2D eigenvalue weighted by Gasteiger charge is -1.90. The standard InChI is InChI=1S/C7H13NO3/c1-2-3-4-5-6-7-11-8(9)10/h5-6H,2-4,7H2,1H3. The number of allylic oxidation sites excluding steroid dienone is 1. The van der Waals surface area contributed by atoms with Gasteiger partial charge in [0.15, 0.2) is 0 Å². The Morgan fingerprint density at radius 3 is 2.82 bits per heavy atom. The quantitative estimate of drug-likeness (QED) is 0.257. The van der Waals surface area contributed by atoms with E-state index in [1.165, 1.54) is 0 Å². The first-order valence-corrected chi connectivity index (χ1v) is 3.69. The summed E-state index contributed by atoms with van der Waals surface area (Å²) in [5.74, 6) is 0. The first-order valence-electron chi connectivity index (χ1n) is 3.69. The molecule has 0 radical (unpaired) electrons. The minimum atomic E-state index is -0.788. The molecule has 0 rings (SSSR count). The summed E-state index contributed by atoms with van der Waals surface area (Å²) in [6, 6.07) is 0. The Kier molecular flexibility index (Phi) is 6.37. The molecule has 64 valence electrons. The maximum atomic E-state index is 9.64. The smallest absolute Gasteiger partial charge is 0.294 e. The second kappa shape index (κ2) is 7.05. The molecule has 0 aromatic heterocycles. The molecule has 0 heterocycles. The molecule has 0 N–H and O–H groups in total. The summed E-state index contributed by atoms with van der Waals surface area (Å²) in [6.07, 6.45) is 6.79. The highest BCUT2D eigenvalue weighted by molar-refractivity contribution is 4.80. The summed E-state index contributed by atoms with van der Waals surface area (Å²) in [5.41, 5.74) is 0. The molecule has 0 amide bonds. The molecule has 0 saturated heterocycles. The zero-order valence-electron chi connectivity index (χ0n) is 6.66. The third-order valence-corrected chi connectivity index (χ3v) is 1.17. The molecule has 0 aliphatic heterocycles. The fourth-order valence-corrected chi connectivity index (χ4v) is 0.612. The molecule has 4 heteroatoms. The monoisotopic (exact) mass is 159 g/mol. The van der Waals surface area contributed by atoms with Crippen LogP contribution in [0, 0.1) is 10.1 Å². The molecule has 0 fully saturated rings. The van der Waals surface area contributed by atoms with Gasteiger partial charge in [-0.1, -0.05) is 31.9 Å². The van der Waals surface area contributed by atoms with Crippen molar-refractivity contribution in [3.63, 3.8) is 0 Å². The molecule has 0 aliphatic rings. The van der Waals surface area contributed by atoms with Gasteiger partial charge in [-0.05, 0) is 6.42 Å². The predicted molar refractivity (Wildman–Crippen MR) is 41.6 cm³/mol. The van der Waals surface area contributed by atoms with Gasteiger partial charge < -0.3 is 4.84 Å². The lowest BCUT2D eigenvalue weighted by Crippen LogP contribution is -1.99. The van der Waals surface area contributed by atoms with Crippen LogP contribution in [0.1, 0.15) is 26.2 Å². The fourth-order valence-electron chi connectivity index (χ4n) is 0.612. The number of rotatable bonds is 6. The Bertz CT molecular complexity index is 134. The van der Waals surface area contributed by atoms with Crippen LogP contribution in [0.3, 0.4) is 0 Å². The Balaban J connectivity index is 3.10. The topological polar surface area (TPSA) is 52.4 Å². The number of nitrogens with zero attached hydrogens (tertiary/aromatic N) is 1. The minimum Gasteiger partial charge on any atom is -0.310 e. The lowest BCUT2D eigenvalue weighted by atomic mass is 10.2. The van der Waals surface area contributed by atoms with Crippen LogP contribution in [0.2, 0.25) is 0 Å². The van der Waals surface area contributed by atoms with Crippen LogP contribution in [-0.2, 0) is 4.84 Å². The van der Waals surface area contributed by atoms with Crippen molar-refractivity contribution >= 4 is 0 Å². The Morgan fingerprint density at radius 1 is 1.55 bits per heavy atom. The lowest BCUT2D eigenvalue weighted by molar-refractivity contribution is -0.755. The molecular formula is C7H13NO3. The largest absolute Gasteiger partial charge is 0.310 e. The maximum absolute atomic E-state index is 9.64. The molecule has 4 nitrogen and oxygen atoms in total. The summed E-state index contributed by atoms with van der Waals surface area (Å²) < 4.78 is 0. The highest BCUT2D eigenvalue weighted by atomic mass is 16.9. The van der Waals surface area contributed by atoms with Crippen LogP contribution in [0.25, 0.3) is 0 Å². The van der Waals surface area contributed by atoms with Gasteiger partial charge in [0.25, 0.3) is 5.09 Å². The van der Waals surface area contributed by atoms with Gasteiger partial charge in [-0.15, -0.1) is 10.1 Å². The van der Waals surface area contributed by atoms with Crippen LogP contribution in [0.5, 0.6) is 0 Å². The normalized spacial score (nSPS) is 10.3. The zero-order valence-corrected chi connectivity index (χ0v) is 6.66. The first-order chi connectivity index (χ1) is 5.27. The van der Waals surface area contributed by atoms with E-state index in [1.807, 2.05) is 6.08 Å². The predicted octanol–water partition coefficient (Wildman–Crippen LogP) is 1.94. The van der Waals surface area contributed by atoms with E-state index in [0.29, 0.717) is 0 Å². The van der Waals surface area contributed by atoms with Crippen LogP contribution < -0.4 is 0 Å². The van der Waals surface area contributed by atoms with Gasteiger partial charge in [0.05, 0.1) is 0 Å². The first kappa shape index (κ1) is 9.94. The number of hydrogen-bond donors (Lipinski definition) is 0. The molecule has 0 spiro atoms. The van der Waals surface area contributed by atoms with Crippen LogP contribution in [0.15, 0.2) is 12.2 Å². The highest BCUT2D eigenvalue weighted by Crippen LogP contribution is 1.94. The van der Waals surface area contributed by atoms with Crippen molar-refractivity contribution in [3.05, 3.63) is 22.3 Å².